The summed E-state index contributed by atoms with van der Waals surface area (Å²) < 4.78 is 8.98. The maximum Gasteiger partial charge on any atom is 0.295 e. The van der Waals surface area contributed by atoms with Gasteiger partial charge in [-0.15, -0.1) is 0 Å². The second-order valence-electron chi connectivity index (χ2n) is 6.56. The Hall–Kier alpha value is -2.34. The van der Waals surface area contributed by atoms with E-state index < -0.39 is 0 Å². The molecule has 0 unspecified atom stereocenters. The molecule has 3 rings (SSSR count). The van der Waals surface area contributed by atoms with E-state index in [-0.39, 0.29) is 24.2 Å². The first-order chi connectivity index (χ1) is 12.1. The zero-order valence-electron chi connectivity index (χ0n) is 14.8. The molecule has 6 heteroatoms. The number of benzene rings is 1. The number of aromatic nitrogens is 2. The quantitative estimate of drug-likeness (QED) is 0.908. The minimum Gasteiger partial charge on any atom is -0.368 e. The Morgan fingerprint density at radius 1 is 1.20 bits per heavy atom. The highest BCUT2D eigenvalue weighted by Crippen LogP contribution is 2.20. The number of hydrogen-bond donors (Lipinski definition) is 1. The normalized spacial score (nSPS) is 15.3. The molecule has 0 saturated heterocycles. The van der Waals surface area contributed by atoms with Crippen LogP contribution in [0.1, 0.15) is 37.8 Å². The Morgan fingerprint density at radius 3 is 2.56 bits per heavy atom. The minimum absolute atomic E-state index is 0.0101. The third-order valence-corrected chi connectivity index (χ3v) is 4.82. The largest absolute Gasteiger partial charge is 0.368 e. The van der Waals surface area contributed by atoms with E-state index in [2.05, 4.69) is 5.32 Å². The summed E-state index contributed by atoms with van der Waals surface area (Å²) in [4.78, 5) is 25.0. The Balaban J connectivity index is 1.72. The van der Waals surface area contributed by atoms with Crippen molar-refractivity contribution >= 4 is 11.6 Å². The van der Waals surface area contributed by atoms with Gasteiger partial charge in [0.25, 0.3) is 11.5 Å². The highest BCUT2D eigenvalue weighted by Gasteiger charge is 2.19. The predicted molar refractivity (Wildman–Crippen MR) is 97.2 cm³/mol. The lowest BCUT2D eigenvalue weighted by atomic mass is 9.98. The van der Waals surface area contributed by atoms with Crippen LogP contribution >= 0.6 is 0 Å². The predicted octanol–water partition coefficient (Wildman–Crippen LogP) is 2.77. The Bertz CT molecular complexity index is 786. The molecular formula is C19H25N3O3. The van der Waals surface area contributed by atoms with Gasteiger partial charge in [0.1, 0.15) is 12.3 Å². The molecule has 25 heavy (non-hydrogen) atoms. The molecule has 0 bridgehead atoms. The maximum atomic E-state index is 12.7. The van der Waals surface area contributed by atoms with Crippen molar-refractivity contribution in [1.82, 2.24) is 9.36 Å². The number of amides is 1. The fourth-order valence-electron chi connectivity index (χ4n) is 3.31. The first-order valence-corrected chi connectivity index (χ1v) is 8.83. The molecule has 134 valence electrons. The summed E-state index contributed by atoms with van der Waals surface area (Å²) in [7, 11) is 1.80. The van der Waals surface area contributed by atoms with Crippen molar-refractivity contribution in [3.63, 3.8) is 0 Å². The van der Waals surface area contributed by atoms with Crippen LogP contribution in [0.2, 0.25) is 0 Å². The summed E-state index contributed by atoms with van der Waals surface area (Å²) in [5.74, 6) is -0.281. The Kier molecular flexibility index (Phi) is 5.38. The van der Waals surface area contributed by atoms with Crippen LogP contribution in [0.15, 0.2) is 35.1 Å². The first kappa shape index (κ1) is 17.5. The summed E-state index contributed by atoms with van der Waals surface area (Å²) in [5, 5.41) is 2.73. The van der Waals surface area contributed by atoms with E-state index in [0.717, 1.165) is 31.4 Å². The number of nitrogens with one attached hydrogen (secondary N) is 1. The first-order valence-electron chi connectivity index (χ1n) is 8.83. The topological polar surface area (TPSA) is 65.3 Å². The van der Waals surface area contributed by atoms with Crippen LogP contribution in [-0.4, -0.2) is 28.0 Å². The van der Waals surface area contributed by atoms with E-state index in [4.69, 9.17) is 4.74 Å². The van der Waals surface area contributed by atoms with Gasteiger partial charge in [-0.2, -0.15) is 0 Å². The summed E-state index contributed by atoms with van der Waals surface area (Å²) in [6.07, 6.45) is 5.75. The van der Waals surface area contributed by atoms with Crippen LogP contribution in [0.5, 0.6) is 0 Å². The van der Waals surface area contributed by atoms with Crippen LogP contribution in [0.25, 0.3) is 5.69 Å². The fraction of sp³-hybridized carbons (Fsp3) is 0.474. The molecule has 2 aromatic rings. The lowest BCUT2D eigenvalue weighted by Crippen LogP contribution is -2.27. The number of nitrogens with zero attached hydrogens (tertiary/aromatic N) is 2. The van der Waals surface area contributed by atoms with Crippen molar-refractivity contribution in [2.75, 3.05) is 11.9 Å². The van der Waals surface area contributed by atoms with Crippen LogP contribution in [0, 0.1) is 6.92 Å². The number of para-hydroxylation sites is 1. The van der Waals surface area contributed by atoms with E-state index in [1.165, 1.54) is 6.42 Å². The number of carbonyl (C=O) groups is 1. The monoisotopic (exact) mass is 343 g/mol. The molecule has 0 radical (unpaired) electrons. The van der Waals surface area contributed by atoms with E-state index >= 15 is 0 Å². The van der Waals surface area contributed by atoms with Gasteiger partial charge in [0.05, 0.1) is 17.5 Å². The van der Waals surface area contributed by atoms with Crippen molar-refractivity contribution in [2.45, 2.75) is 45.1 Å². The maximum absolute atomic E-state index is 12.7. The standard InChI is InChI=1S/C19H25N3O3/c1-14-18(20-17(23)13-25-16-11-7-4-8-12-16)19(24)22(21(14)2)15-9-5-3-6-10-15/h3,5-6,9-10,16H,4,7-8,11-13H2,1-2H3,(H,20,23). The fourth-order valence-corrected chi connectivity index (χ4v) is 3.31. The Morgan fingerprint density at radius 2 is 1.88 bits per heavy atom. The number of anilines is 1. The lowest BCUT2D eigenvalue weighted by Gasteiger charge is -2.21. The van der Waals surface area contributed by atoms with Gasteiger partial charge in [-0.25, -0.2) is 4.68 Å². The molecule has 1 saturated carbocycles. The number of hydrogen-bond acceptors (Lipinski definition) is 3. The van der Waals surface area contributed by atoms with Crippen LogP contribution < -0.4 is 10.9 Å². The van der Waals surface area contributed by atoms with Crippen LogP contribution in [-0.2, 0) is 16.6 Å². The molecule has 1 aliphatic carbocycles. The van der Waals surface area contributed by atoms with Crippen LogP contribution in [0.3, 0.4) is 0 Å². The SMILES string of the molecule is Cc1c(NC(=O)COC2CCCCC2)c(=O)n(-c2ccccc2)n1C. The molecule has 0 aliphatic heterocycles. The van der Waals surface area contributed by atoms with Gasteiger partial charge < -0.3 is 10.1 Å². The van der Waals surface area contributed by atoms with Crippen molar-refractivity contribution in [2.24, 2.45) is 7.05 Å². The second kappa shape index (κ2) is 7.70. The molecule has 1 aliphatic rings. The Labute approximate surface area is 147 Å². The third-order valence-electron chi connectivity index (χ3n) is 4.82. The summed E-state index contributed by atoms with van der Waals surface area (Å²) in [6, 6.07) is 9.37. The van der Waals surface area contributed by atoms with E-state index in [1.54, 1.807) is 16.4 Å². The summed E-state index contributed by atoms with van der Waals surface area (Å²) >= 11 is 0. The molecule has 1 aromatic heterocycles. The van der Waals surface area contributed by atoms with Gasteiger partial charge >= 0.3 is 0 Å². The van der Waals surface area contributed by atoms with Gasteiger partial charge in [-0.05, 0) is 31.9 Å². The number of ether oxygens (including phenoxy) is 1. The van der Waals surface area contributed by atoms with Crippen molar-refractivity contribution in [3.05, 3.63) is 46.4 Å². The lowest BCUT2D eigenvalue weighted by molar-refractivity contribution is -0.123. The molecule has 1 aromatic carbocycles. The summed E-state index contributed by atoms with van der Waals surface area (Å²) in [5.41, 5.74) is 1.54. The van der Waals surface area contributed by atoms with E-state index in [0.29, 0.717) is 11.4 Å². The highest BCUT2D eigenvalue weighted by atomic mass is 16.5. The van der Waals surface area contributed by atoms with E-state index in [1.807, 2.05) is 37.3 Å². The van der Waals surface area contributed by atoms with Crippen molar-refractivity contribution in [3.8, 4) is 5.69 Å². The number of carbonyl (C=O) groups excluding carboxylic acids is 1. The van der Waals surface area contributed by atoms with Crippen molar-refractivity contribution < 1.29 is 9.53 Å². The average molecular weight is 343 g/mol. The zero-order chi connectivity index (χ0) is 17.8. The third kappa shape index (κ3) is 3.85. The average Bonchev–Trinajstić information content (AvgIpc) is 2.85. The highest BCUT2D eigenvalue weighted by molar-refractivity contribution is 5.92. The molecule has 1 amide bonds. The minimum atomic E-state index is -0.281. The number of rotatable bonds is 5. The smallest absolute Gasteiger partial charge is 0.295 e. The summed E-state index contributed by atoms with van der Waals surface area (Å²) in [6.45, 7) is 1.81. The molecule has 1 heterocycles. The molecular weight excluding hydrogens is 318 g/mol. The molecule has 1 N–H and O–H groups in total. The van der Waals surface area contributed by atoms with Crippen molar-refractivity contribution in [1.29, 1.82) is 0 Å². The van der Waals surface area contributed by atoms with Gasteiger partial charge in [-0.1, -0.05) is 37.5 Å². The van der Waals surface area contributed by atoms with Gasteiger partial charge in [-0.3, -0.25) is 14.3 Å². The molecule has 1 fully saturated rings. The van der Waals surface area contributed by atoms with Gasteiger partial charge in [0.2, 0.25) is 0 Å². The molecule has 0 spiro atoms. The van der Waals surface area contributed by atoms with Crippen LogP contribution in [0.4, 0.5) is 5.69 Å². The van der Waals surface area contributed by atoms with Gasteiger partial charge in [0.15, 0.2) is 0 Å². The second-order valence-corrected chi connectivity index (χ2v) is 6.56. The molecule has 0 atom stereocenters. The zero-order valence-corrected chi connectivity index (χ0v) is 14.8. The molecule has 6 nitrogen and oxygen atoms in total. The van der Waals surface area contributed by atoms with E-state index in [9.17, 15) is 9.59 Å². The van der Waals surface area contributed by atoms with Gasteiger partial charge in [0, 0.05) is 7.05 Å².